The third-order valence-electron chi connectivity index (χ3n) is 2.10. The second-order valence-electron chi connectivity index (χ2n) is 3.08. The van der Waals surface area contributed by atoms with Crippen molar-refractivity contribution in [3.05, 3.63) is 23.9 Å². The van der Waals surface area contributed by atoms with Gasteiger partial charge in [-0.1, -0.05) is 13.0 Å². The predicted octanol–water partition coefficient (Wildman–Crippen LogP) is 0.214. The topological polar surface area (TPSA) is 70.5 Å². The number of hydrogen-bond donors (Lipinski definition) is 1. The number of sulfonamides is 1. The molecule has 0 amide bonds. The maximum absolute atomic E-state index is 11.8. The van der Waals surface area contributed by atoms with E-state index < -0.39 is 10.0 Å². The summed E-state index contributed by atoms with van der Waals surface area (Å²) >= 11 is 0. The number of aliphatic hydroxyl groups excluding tert-OH is 1. The largest absolute Gasteiger partial charge is 0.392 e. The Morgan fingerprint density at radius 2 is 2.13 bits per heavy atom. The van der Waals surface area contributed by atoms with E-state index in [1.165, 1.54) is 23.6 Å². The molecule has 0 aromatic carbocycles. The van der Waals surface area contributed by atoms with Gasteiger partial charge in [0.2, 0.25) is 0 Å². The number of aliphatic hydroxyl groups is 1. The summed E-state index contributed by atoms with van der Waals surface area (Å²) in [6, 6.07) is 2.94. The molecule has 0 aliphatic rings. The van der Waals surface area contributed by atoms with Gasteiger partial charge in [-0.3, -0.25) is 0 Å². The van der Waals surface area contributed by atoms with E-state index in [1.54, 1.807) is 13.0 Å². The molecule has 0 radical (unpaired) electrons. The fourth-order valence-corrected chi connectivity index (χ4v) is 2.07. The van der Waals surface area contributed by atoms with Crippen molar-refractivity contribution in [1.82, 2.24) is 9.29 Å². The van der Waals surface area contributed by atoms with E-state index in [0.717, 1.165) is 0 Å². The summed E-state index contributed by atoms with van der Waals surface area (Å²) < 4.78 is 24.7. The van der Waals surface area contributed by atoms with E-state index in [2.05, 4.69) is 4.98 Å². The molecule has 84 valence electrons. The second-order valence-corrected chi connectivity index (χ2v) is 5.07. The van der Waals surface area contributed by atoms with Gasteiger partial charge in [0.05, 0.1) is 6.61 Å². The fraction of sp³-hybridized carbons (Fsp3) is 0.444. The maximum Gasteiger partial charge on any atom is 0.260 e. The van der Waals surface area contributed by atoms with Crippen LogP contribution in [0.5, 0.6) is 0 Å². The minimum atomic E-state index is -3.47. The van der Waals surface area contributed by atoms with Gasteiger partial charge in [0, 0.05) is 19.8 Å². The number of nitrogens with zero attached hydrogens (tertiary/aromatic N) is 2. The van der Waals surface area contributed by atoms with Crippen LogP contribution in [0.2, 0.25) is 0 Å². The first-order valence-corrected chi connectivity index (χ1v) is 5.98. The first kappa shape index (κ1) is 12.1. The zero-order valence-electron chi connectivity index (χ0n) is 8.71. The molecule has 0 saturated heterocycles. The minimum absolute atomic E-state index is 0.00375. The maximum atomic E-state index is 11.8. The molecule has 0 aliphatic heterocycles. The van der Waals surface area contributed by atoms with E-state index in [1.807, 2.05) is 0 Å². The zero-order chi connectivity index (χ0) is 11.5. The van der Waals surface area contributed by atoms with Gasteiger partial charge in [0.15, 0.2) is 5.03 Å². The molecule has 15 heavy (non-hydrogen) atoms. The lowest BCUT2D eigenvalue weighted by Crippen LogP contribution is -2.27. The van der Waals surface area contributed by atoms with Crippen LogP contribution in [-0.2, 0) is 16.6 Å². The van der Waals surface area contributed by atoms with Gasteiger partial charge >= 0.3 is 0 Å². The van der Waals surface area contributed by atoms with Crippen LogP contribution < -0.4 is 0 Å². The Balaban J connectivity index is 3.06. The third-order valence-corrected chi connectivity index (χ3v) is 3.95. The summed E-state index contributed by atoms with van der Waals surface area (Å²) in [5.74, 6) is 0. The van der Waals surface area contributed by atoms with Gasteiger partial charge in [0.25, 0.3) is 10.0 Å². The summed E-state index contributed by atoms with van der Waals surface area (Å²) in [5.41, 5.74) is 0.591. The number of aromatic nitrogens is 1. The van der Waals surface area contributed by atoms with Crippen molar-refractivity contribution in [1.29, 1.82) is 0 Å². The van der Waals surface area contributed by atoms with Gasteiger partial charge in [-0.15, -0.1) is 0 Å². The van der Waals surface area contributed by atoms with Crippen LogP contribution >= 0.6 is 0 Å². The molecule has 1 aromatic heterocycles. The molecule has 0 bridgehead atoms. The Morgan fingerprint density at radius 1 is 1.47 bits per heavy atom. The highest BCUT2D eigenvalue weighted by molar-refractivity contribution is 7.89. The number of rotatable bonds is 4. The summed E-state index contributed by atoms with van der Waals surface area (Å²) in [7, 11) is -1.98. The van der Waals surface area contributed by atoms with Crippen LogP contribution in [0, 0.1) is 0 Å². The van der Waals surface area contributed by atoms with Crippen molar-refractivity contribution in [3.63, 3.8) is 0 Å². The monoisotopic (exact) mass is 230 g/mol. The molecule has 0 unspecified atom stereocenters. The number of hydrogen-bond acceptors (Lipinski definition) is 4. The quantitative estimate of drug-likeness (QED) is 0.803. The van der Waals surface area contributed by atoms with Crippen molar-refractivity contribution in [2.75, 3.05) is 13.6 Å². The molecule has 6 heteroatoms. The molecule has 0 spiro atoms. The van der Waals surface area contributed by atoms with E-state index in [9.17, 15) is 8.42 Å². The standard InChI is InChI=1S/C9H14N2O3S/c1-3-11(2)15(13,14)9-5-4-8(7-12)6-10-9/h4-6,12H,3,7H2,1-2H3. The second kappa shape index (κ2) is 4.69. The molecule has 1 N–H and O–H groups in total. The van der Waals surface area contributed by atoms with Crippen molar-refractivity contribution >= 4 is 10.0 Å². The Labute approximate surface area is 89.4 Å². The van der Waals surface area contributed by atoms with Gasteiger partial charge in [-0.25, -0.2) is 13.4 Å². The summed E-state index contributed by atoms with van der Waals surface area (Å²) in [6.45, 7) is 2.00. The highest BCUT2D eigenvalue weighted by Crippen LogP contribution is 2.11. The van der Waals surface area contributed by atoms with Gasteiger partial charge in [-0.05, 0) is 11.6 Å². The van der Waals surface area contributed by atoms with Crippen molar-refractivity contribution in [2.24, 2.45) is 0 Å². The van der Waals surface area contributed by atoms with Crippen LogP contribution in [0.4, 0.5) is 0 Å². The third kappa shape index (κ3) is 2.53. The first-order valence-electron chi connectivity index (χ1n) is 4.54. The van der Waals surface area contributed by atoms with E-state index in [4.69, 9.17) is 5.11 Å². The lowest BCUT2D eigenvalue weighted by molar-refractivity contribution is 0.281. The lowest BCUT2D eigenvalue weighted by atomic mass is 10.3. The van der Waals surface area contributed by atoms with E-state index in [0.29, 0.717) is 12.1 Å². The van der Waals surface area contributed by atoms with Crippen molar-refractivity contribution in [3.8, 4) is 0 Å². The molecule has 1 rings (SSSR count). The SMILES string of the molecule is CCN(C)S(=O)(=O)c1ccc(CO)cn1. The molecule has 0 fully saturated rings. The minimum Gasteiger partial charge on any atom is -0.392 e. The van der Waals surface area contributed by atoms with Crippen molar-refractivity contribution in [2.45, 2.75) is 18.6 Å². The molecule has 0 saturated carbocycles. The smallest absolute Gasteiger partial charge is 0.260 e. The number of pyridine rings is 1. The van der Waals surface area contributed by atoms with Crippen LogP contribution in [0.3, 0.4) is 0 Å². The highest BCUT2D eigenvalue weighted by Gasteiger charge is 2.20. The summed E-state index contributed by atoms with van der Waals surface area (Å²) in [6.07, 6.45) is 1.36. The molecule has 5 nitrogen and oxygen atoms in total. The van der Waals surface area contributed by atoms with Crippen molar-refractivity contribution < 1.29 is 13.5 Å². The Kier molecular flexibility index (Phi) is 3.78. The molecule has 1 aromatic rings. The zero-order valence-corrected chi connectivity index (χ0v) is 9.53. The van der Waals surface area contributed by atoms with Crippen LogP contribution in [0.25, 0.3) is 0 Å². The van der Waals surface area contributed by atoms with Crippen LogP contribution in [-0.4, -0.2) is 36.4 Å². The molecule has 0 atom stereocenters. The first-order chi connectivity index (χ1) is 7.02. The Hall–Kier alpha value is -0.980. The molecule has 0 aliphatic carbocycles. The average Bonchev–Trinajstić information content (AvgIpc) is 2.28. The Bertz CT molecular complexity index is 413. The van der Waals surface area contributed by atoms with Crippen LogP contribution in [0.1, 0.15) is 12.5 Å². The normalized spacial score (nSPS) is 12.0. The summed E-state index contributed by atoms with van der Waals surface area (Å²) in [5, 5.41) is 8.79. The van der Waals surface area contributed by atoms with E-state index in [-0.39, 0.29) is 11.6 Å². The van der Waals surface area contributed by atoms with Gasteiger partial charge < -0.3 is 5.11 Å². The van der Waals surface area contributed by atoms with Crippen LogP contribution in [0.15, 0.2) is 23.4 Å². The van der Waals surface area contributed by atoms with Gasteiger partial charge in [0.1, 0.15) is 0 Å². The highest BCUT2D eigenvalue weighted by atomic mass is 32.2. The molecular weight excluding hydrogens is 216 g/mol. The Morgan fingerprint density at radius 3 is 2.53 bits per heavy atom. The van der Waals surface area contributed by atoms with E-state index >= 15 is 0 Å². The molecular formula is C9H14N2O3S. The predicted molar refractivity (Wildman–Crippen MR) is 55.6 cm³/mol. The lowest BCUT2D eigenvalue weighted by Gasteiger charge is -2.13. The summed E-state index contributed by atoms with van der Waals surface area (Å²) in [4.78, 5) is 3.80. The molecule has 1 heterocycles. The van der Waals surface area contributed by atoms with Gasteiger partial charge in [-0.2, -0.15) is 4.31 Å². The average molecular weight is 230 g/mol. The fourth-order valence-electron chi connectivity index (χ4n) is 0.987.